The van der Waals surface area contributed by atoms with E-state index in [4.69, 9.17) is 0 Å². The zero-order valence-electron chi connectivity index (χ0n) is 15.7. The molecule has 1 aliphatic heterocycles. The molecule has 1 amide bonds. The lowest BCUT2D eigenvalue weighted by atomic mass is 10.00. The van der Waals surface area contributed by atoms with Crippen molar-refractivity contribution in [3.63, 3.8) is 0 Å². The highest BCUT2D eigenvalue weighted by Crippen LogP contribution is 2.23. The highest BCUT2D eigenvalue weighted by atomic mass is 16.2. The largest absolute Gasteiger partial charge is 0.337 e. The highest BCUT2D eigenvalue weighted by molar-refractivity contribution is 5.97. The number of rotatable bonds is 5. The summed E-state index contributed by atoms with van der Waals surface area (Å²) in [6, 6.07) is 15.8. The topological polar surface area (TPSA) is 40.6 Å². The van der Waals surface area contributed by atoms with Crippen LogP contribution in [0.1, 0.15) is 40.5 Å². The van der Waals surface area contributed by atoms with E-state index in [0.717, 1.165) is 41.8 Å². The molecule has 0 bridgehead atoms. The molecule has 3 rings (SSSR count). The van der Waals surface area contributed by atoms with Gasteiger partial charge in [0, 0.05) is 36.7 Å². The molecule has 2 aromatic rings. The number of likely N-dealkylation sites (tertiary alicyclic amines) is 1. The minimum absolute atomic E-state index is 0.0916. The van der Waals surface area contributed by atoms with E-state index in [1.807, 2.05) is 60.4 Å². The molecule has 2 aromatic carbocycles. The van der Waals surface area contributed by atoms with Gasteiger partial charge in [0.1, 0.15) is 0 Å². The summed E-state index contributed by atoms with van der Waals surface area (Å²) in [4.78, 5) is 28.7. The monoisotopic (exact) mass is 350 g/mol. The predicted molar refractivity (Wildman–Crippen MR) is 104 cm³/mol. The number of hydrogen-bond donors (Lipinski definition) is 0. The molecule has 1 fully saturated rings. The number of hydrogen-bond acceptors (Lipinski definition) is 3. The average molecular weight is 350 g/mol. The highest BCUT2D eigenvalue weighted by Gasteiger charge is 2.28. The molecule has 0 N–H and O–H groups in total. The van der Waals surface area contributed by atoms with Crippen LogP contribution in [-0.2, 0) is 0 Å². The number of carbonyl (C=O) groups is 2. The maximum absolute atomic E-state index is 12.8. The first kappa shape index (κ1) is 18.3. The van der Waals surface area contributed by atoms with Crippen molar-refractivity contribution in [1.82, 2.24) is 9.80 Å². The lowest BCUT2D eigenvalue weighted by Crippen LogP contribution is -2.34. The molecule has 1 heterocycles. The summed E-state index contributed by atoms with van der Waals surface area (Å²) in [6.45, 7) is 3.45. The SMILES string of the molecule is CCC(=O)c1ccc(-c2cccc(C(=O)N3CC[C@@H](N(C)C)C3)c2)cc1. The second kappa shape index (κ2) is 7.83. The van der Waals surface area contributed by atoms with Crippen molar-refractivity contribution in [1.29, 1.82) is 0 Å². The van der Waals surface area contributed by atoms with Gasteiger partial charge in [-0.3, -0.25) is 9.59 Å². The van der Waals surface area contributed by atoms with Gasteiger partial charge in [0.15, 0.2) is 5.78 Å². The first-order valence-electron chi connectivity index (χ1n) is 9.19. The first-order chi connectivity index (χ1) is 12.5. The number of Topliss-reactive ketones (excluding diaryl/α,β-unsaturated/α-hetero) is 1. The van der Waals surface area contributed by atoms with Crippen LogP contribution >= 0.6 is 0 Å². The van der Waals surface area contributed by atoms with Crippen LogP contribution in [0.5, 0.6) is 0 Å². The summed E-state index contributed by atoms with van der Waals surface area (Å²) < 4.78 is 0. The van der Waals surface area contributed by atoms with Crippen LogP contribution in [0.25, 0.3) is 11.1 Å². The van der Waals surface area contributed by atoms with Gasteiger partial charge in [0.2, 0.25) is 0 Å². The van der Waals surface area contributed by atoms with Crippen LogP contribution < -0.4 is 0 Å². The normalized spacial score (nSPS) is 16.9. The lowest BCUT2D eigenvalue weighted by Gasteiger charge is -2.20. The van der Waals surface area contributed by atoms with Crippen LogP contribution in [0.2, 0.25) is 0 Å². The number of carbonyl (C=O) groups excluding carboxylic acids is 2. The fourth-order valence-corrected chi connectivity index (χ4v) is 3.41. The molecule has 26 heavy (non-hydrogen) atoms. The number of ketones is 1. The molecule has 0 aromatic heterocycles. The zero-order chi connectivity index (χ0) is 18.7. The average Bonchev–Trinajstić information content (AvgIpc) is 3.17. The van der Waals surface area contributed by atoms with Crippen LogP contribution in [-0.4, -0.2) is 54.7 Å². The van der Waals surface area contributed by atoms with E-state index >= 15 is 0 Å². The van der Waals surface area contributed by atoms with Gasteiger partial charge < -0.3 is 9.80 Å². The third-order valence-corrected chi connectivity index (χ3v) is 5.15. The molecule has 1 aliphatic rings. The van der Waals surface area contributed by atoms with Crippen molar-refractivity contribution in [2.75, 3.05) is 27.2 Å². The van der Waals surface area contributed by atoms with E-state index < -0.39 is 0 Å². The lowest BCUT2D eigenvalue weighted by molar-refractivity contribution is 0.0783. The van der Waals surface area contributed by atoms with Crippen LogP contribution in [0, 0.1) is 0 Å². The van der Waals surface area contributed by atoms with Gasteiger partial charge in [-0.2, -0.15) is 0 Å². The Morgan fingerprint density at radius 1 is 1.04 bits per heavy atom. The fourth-order valence-electron chi connectivity index (χ4n) is 3.41. The number of likely N-dealkylation sites (N-methyl/N-ethyl adjacent to an activating group) is 1. The van der Waals surface area contributed by atoms with Crippen molar-refractivity contribution >= 4 is 11.7 Å². The van der Waals surface area contributed by atoms with Gasteiger partial charge in [-0.05, 0) is 43.8 Å². The van der Waals surface area contributed by atoms with Crippen molar-refractivity contribution in [2.24, 2.45) is 0 Å². The predicted octanol–water partition coefficient (Wildman–Crippen LogP) is 3.72. The van der Waals surface area contributed by atoms with E-state index in [0.29, 0.717) is 12.5 Å². The molecule has 4 heteroatoms. The maximum atomic E-state index is 12.8. The smallest absolute Gasteiger partial charge is 0.253 e. The second-order valence-corrected chi connectivity index (χ2v) is 7.09. The van der Waals surface area contributed by atoms with Gasteiger partial charge in [0.05, 0.1) is 0 Å². The van der Waals surface area contributed by atoms with E-state index in [1.54, 1.807) is 0 Å². The molecule has 0 aliphatic carbocycles. The summed E-state index contributed by atoms with van der Waals surface area (Å²) in [7, 11) is 4.12. The quantitative estimate of drug-likeness (QED) is 0.772. The molecular formula is C22H26N2O2. The molecule has 0 saturated carbocycles. The van der Waals surface area contributed by atoms with Crippen molar-refractivity contribution in [3.8, 4) is 11.1 Å². The minimum atomic E-state index is 0.0916. The molecular weight excluding hydrogens is 324 g/mol. The fraction of sp³-hybridized carbons (Fsp3) is 0.364. The summed E-state index contributed by atoms with van der Waals surface area (Å²) >= 11 is 0. The van der Waals surface area contributed by atoms with Crippen LogP contribution in [0.3, 0.4) is 0 Å². The summed E-state index contributed by atoms with van der Waals surface area (Å²) in [5.41, 5.74) is 3.46. The molecule has 4 nitrogen and oxygen atoms in total. The van der Waals surface area contributed by atoms with Gasteiger partial charge in [-0.25, -0.2) is 0 Å². The van der Waals surface area contributed by atoms with Crippen molar-refractivity contribution < 1.29 is 9.59 Å². The minimum Gasteiger partial charge on any atom is -0.337 e. The first-order valence-corrected chi connectivity index (χ1v) is 9.19. The third-order valence-electron chi connectivity index (χ3n) is 5.15. The third kappa shape index (κ3) is 3.86. The Hall–Kier alpha value is -2.46. The molecule has 1 saturated heterocycles. The molecule has 1 atom stereocenters. The van der Waals surface area contributed by atoms with Gasteiger partial charge in [0.25, 0.3) is 5.91 Å². The summed E-state index contributed by atoms with van der Waals surface area (Å²) in [6.07, 6.45) is 1.53. The Bertz CT molecular complexity index is 796. The molecule has 136 valence electrons. The van der Waals surface area contributed by atoms with E-state index in [2.05, 4.69) is 19.0 Å². The maximum Gasteiger partial charge on any atom is 0.253 e. The second-order valence-electron chi connectivity index (χ2n) is 7.09. The molecule has 0 spiro atoms. The Labute approximate surface area is 155 Å². The Morgan fingerprint density at radius 2 is 1.77 bits per heavy atom. The Morgan fingerprint density at radius 3 is 2.38 bits per heavy atom. The van der Waals surface area contributed by atoms with Crippen LogP contribution in [0.4, 0.5) is 0 Å². The number of benzene rings is 2. The van der Waals surface area contributed by atoms with Gasteiger partial charge >= 0.3 is 0 Å². The van der Waals surface area contributed by atoms with Crippen LogP contribution in [0.15, 0.2) is 48.5 Å². The molecule has 0 radical (unpaired) electrons. The van der Waals surface area contributed by atoms with Crippen molar-refractivity contribution in [2.45, 2.75) is 25.8 Å². The summed E-state index contributed by atoms with van der Waals surface area (Å²) in [5.74, 6) is 0.235. The van der Waals surface area contributed by atoms with E-state index in [9.17, 15) is 9.59 Å². The Kier molecular flexibility index (Phi) is 5.52. The van der Waals surface area contributed by atoms with Crippen molar-refractivity contribution in [3.05, 3.63) is 59.7 Å². The standard InChI is InChI=1S/C22H26N2O2/c1-4-21(25)17-10-8-16(9-11-17)18-6-5-7-19(14-18)22(26)24-13-12-20(15-24)23(2)3/h5-11,14,20H,4,12-13,15H2,1-3H3/t20-/m1/s1. The Balaban J connectivity index is 1.78. The summed E-state index contributed by atoms with van der Waals surface area (Å²) in [5, 5.41) is 0. The van der Waals surface area contributed by atoms with E-state index in [1.165, 1.54) is 0 Å². The zero-order valence-corrected chi connectivity index (χ0v) is 15.7. The van der Waals surface area contributed by atoms with Gasteiger partial charge in [-0.1, -0.05) is 43.3 Å². The molecule has 0 unspecified atom stereocenters. The van der Waals surface area contributed by atoms with Gasteiger partial charge in [-0.15, -0.1) is 0 Å². The van der Waals surface area contributed by atoms with E-state index in [-0.39, 0.29) is 11.7 Å². The number of amides is 1. The number of nitrogens with zero attached hydrogens (tertiary/aromatic N) is 2.